The van der Waals surface area contributed by atoms with Gasteiger partial charge in [0.25, 0.3) is 11.8 Å². The van der Waals surface area contributed by atoms with Crippen LogP contribution in [0.5, 0.6) is 5.75 Å². The molecule has 0 saturated heterocycles. The molecule has 1 N–H and O–H groups in total. The van der Waals surface area contributed by atoms with Crippen LogP contribution in [0.4, 0.5) is 8.78 Å². The molecule has 29 heavy (non-hydrogen) atoms. The molecule has 1 aromatic heterocycles. The van der Waals surface area contributed by atoms with Crippen molar-refractivity contribution in [1.29, 1.82) is 0 Å². The number of methoxy groups -OCH3 is 1. The van der Waals surface area contributed by atoms with Gasteiger partial charge in [-0.2, -0.15) is 0 Å². The predicted molar refractivity (Wildman–Crippen MR) is 101 cm³/mol. The summed E-state index contributed by atoms with van der Waals surface area (Å²) in [5, 5.41) is 2.47. The minimum Gasteiger partial charge on any atom is -0.491 e. The molecule has 0 spiro atoms. The molecule has 0 aliphatic carbocycles. The molecule has 2 amide bonds. The van der Waals surface area contributed by atoms with Gasteiger partial charge in [0.15, 0.2) is 11.4 Å². The number of hydrogen-bond donors (Lipinski definition) is 1. The lowest BCUT2D eigenvalue weighted by atomic mass is 10.1. The summed E-state index contributed by atoms with van der Waals surface area (Å²) in [5.41, 5.74) is -0.898. The summed E-state index contributed by atoms with van der Waals surface area (Å²) in [5.74, 6) is -2.72. The van der Waals surface area contributed by atoms with Gasteiger partial charge in [-0.05, 0) is 19.9 Å². The molecule has 1 aliphatic rings. The second-order valence-electron chi connectivity index (χ2n) is 6.66. The molecule has 0 atom stereocenters. The van der Waals surface area contributed by atoms with E-state index in [9.17, 15) is 23.2 Å². The van der Waals surface area contributed by atoms with Crippen molar-refractivity contribution >= 4 is 11.8 Å². The van der Waals surface area contributed by atoms with Gasteiger partial charge in [-0.3, -0.25) is 14.4 Å². The number of rotatable bonds is 5. The predicted octanol–water partition coefficient (Wildman–Crippen LogP) is 1.85. The summed E-state index contributed by atoms with van der Waals surface area (Å²) < 4.78 is 34.2. The highest BCUT2D eigenvalue weighted by Gasteiger charge is 2.30. The highest BCUT2D eigenvalue weighted by molar-refractivity contribution is 5.99. The monoisotopic (exact) mass is 405 g/mol. The highest BCUT2D eigenvalue weighted by Crippen LogP contribution is 2.21. The third-order valence-electron chi connectivity index (χ3n) is 5.01. The Labute approximate surface area is 165 Å². The van der Waals surface area contributed by atoms with Gasteiger partial charge in [-0.1, -0.05) is 6.07 Å². The van der Waals surface area contributed by atoms with Gasteiger partial charge < -0.3 is 19.5 Å². The average molecular weight is 405 g/mol. The molecule has 0 saturated carbocycles. The van der Waals surface area contributed by atoms with Gasteiger partial charge in [0.05, 0.1) is 7.11 Å². The summed E-state index contributed by atoms with van der Waals surface area (Å²) in [6.07, 6.45) is 1.31. The fourth-order valence-corrected chi connectivity index (χ4v) is 3.29. The molecule has 154 valence electrons. The zero-order chi connectivity index (χ0) is 21.3. The number of amides is 2. The zero-order valence-electron chi connectivity index (χ0n) is 16.3. The molecular formula is C20H21F2N3O4. The molecule has 9 heteroatoms. The number of ether oxygens (including phenoxy) is 1. The number of pyridine rings is 1. The van der Waals surface area contributed by atoms with Crippen LogP contribution in [0.1, 0.15) is 38.9 Å². The number of nitrogens with one attached hydrogen (secondary N) is 1. The van der Waals surface area contributed by atoms with E-state index in [0.29, 0.717) is 19.6 Å². The van der Waals surface area contributed by atoms with Crippen molar-refractivity contribution < 1.29 is 23.1 Å². The first-order chi connectivity index (χ1) is 13.8. The van der Waals surface area contributed by atoms with E-state index in [1.54, 1.807) is 4.90 Å². The Morgan fingerprint density at radius 1 is 1.24 bits per heavy atom. The number of carbonyl (C=O) groups excluding carboxylic acids is 2. The van der Waals surface area contributed by atoms with Gasteiger partial charge in [0.1, 0.15) is 17.2 Å². The number of fused-ring (bicyclic) bond motifs is 1. The molecule has 7 nitrogen and oxygen atoms in total. The lowest BCUT2D eigenvalue weighted by Crippen LogP contribution is -2.43. The fraction of sp³-hybridized carbons (Fsp3) is 0.350. The maximum Gasteiger partial charge on any atom is 0.274 e. The largest absolute Gasteiger partial charge is 0.491 e. The van der Waals surface area contributed by atoms with E-state index in [2.05, 4.69) is 5.32 Å². The van der Waals surface area contributed by atoms with E-state index in [1.807, 2.05) is 6.92 Å². The maximum absolute atomic E-state index is 14.1. The molecule has 3 rings (SSSR count). The van der Waals surface area contributed by atoms with Crippen molar-refractivity contribution in [3.8, 4) is 5.75 Å². The van der Waals surface area contributed by atoms with Crippen molar-refractivity contribution in [2.24, 2.45) is 0 Å². The third kappa shape index (κ3) is 3.59. The summed E-state index contributed by atoms with van der Waals surface area (Å²) in [7, 11) is 1.26. The first-order valence-corrected chi connectivity index (χ1v) is 9.12. The van der Waals surface area contributed by atoms with E-state index < -0.39 is 23.0 Å². The van der Waals surface area contributed by atoms with Gasteiger partial charge in [0.2, 0.25) is 5.43 Å². The topological polar surface area (TPSA) is 80.6 Å². The Bertz CT molecular complexity index is 1050. The second-order valence-corrected chi connectivity index (χ2v) is 6.66. The molecule has 1 aliphatic heterocycles. The maximum atomic E-state index is 14.1. The first kappa shape index (κ1) is 20.5. The number of aromatic nitrogens is 1. The van der Waals surface area contributed by atoms with Gasteiger partial charge >= 0.3 is 0 Å². The Morgan fingerprint density at radius 2 is 1.97 bits per heavy atom. The Hall–Kier alpha value is -3.23. The molecule has 2 aromatic rings. The Kier molecular flexibility index (Phi) is 5.67. The SMILES string of the molecule is CCN1CCn2cc(C(=O)NCc3ccc(F)c(C)c3F)c(=O)c(OC)c2C1=O. The van der Waals surface area contributed by atoms with Crippen molar-refractivity contribution in [2.45, 2.75) is 26.9 Å². The van der Waals surface area contributed by atoms with Crippen LogP contribution in [0.3, 0.4) is 0 Å². The number of benzene rings is 1. The van der Waals surface area contributed by atoms with E-state index in [-0.39, 0.29) is 40.6 Å². The average Bonchev–Trinajstić information content (AvgIpc) is 2.71. The second kappa shape index (κ2) is 8.02. The normalized spacial score (nSPS) is 13.3. The third-order valence-corrected chi connectivity index (χ3v) is 5.01. The van der Waals surface area contributed by atoms with Crippen LogP contribution in [0.15, 0.2) is 23.1 Å². The minimum absolute atomic E-state index is 0.0936. The smallest absolute Gasteiger partial charge is 0.274 e. The van der Waals surface area contributed by atoms with Crippen molar-refractivity contribution in [2.75, 3.05) is 20.2 Å². The quantitative estimate of drug-likeness (QED) is 0.823. The summed E-state index contributed by atoms with van der Waals surface area (Å²) >= 11 is 0. The number of nitrogens with zero attached hydrogens (tertiary/aromatic N) is 2. The lowest BCUT2D eigenvalue weighted by Gasteiger charge is -2.30. The van der Waals surface area contributed by atoms with E-state index in [1.165, 1.54) is 30.9 Å². The zero-order valence-corrected chi connectivity index (χ0v) is 16.3. The van der Waals surface area contributed by atoms with E-state index in [0.717, 1.165) is 6.07 Å². The van der Waals surface area contributed by atoms with Crippen molar-refractivity contribution in [3.05, 3.63) is 62.6 Å². The van der Waals surface area contributed by atoms with Crippen molar-refractivity contribution in [1.82, 2.24) is 14.8 Å². The number of carbonyl (C=O) groups is 2. The van der Waals surface area contributed by atoms with Gasteiger partial charge in [-0.25, -0.2) is 8.78 Å². The van der Waals surface area contributed by atoms with Crippen LogP contribution < -0.4 is 15.5 Å². The molecule has 0 unspecified atom stereocenters. The van der Waals surface area contributed by atoms with Crippen LogP contribution >= 0.6 is 0 Å². The first-order valence-electron chi connectivity index (χ1n) is 9.12. The van der Waals surface area contributed by atoms with Crippen LogP contribution in [0, 0.1) is 18.6 Å². The van der Waals surface area contributed by atoms with Crippen LogP contribution in [-0.2, 0) is 13.1 Å². The fourth-order valence-electron chi connectivity index (χ4n) is 3.29. The lowest BCUT2D eigenvalue weighted by molar-refractivity contribution is 0.0705. The van der Waals surface area contributed by atoms with Gasteiger partial charge in [-0.15, -0.1) is 0 Å². The molecular weight excluding hydrogens is 384 g/mol. The number of likely N-dealkylation sites (N-methyl/N-ethyl adjacent to an activating group) is 1. The van der Waals surface area contributed by atoms with E-state index in [4.69, 9.17) is 4.74 Å². The summed E-state index contributed by atoms with van der Waals surface area (Å²) in [6.45, 7) is 4.23. The number of halogens is 2. The molecule has 2 heterocycles. The molecule has 0 radical (unpaired) electrons. The standard InChI is InChI=1S/C20H21F2N3O4/c1-4-24-7-8-25-10-13(17(26)18(29-3)16(25)20(24)28)19(27)23-9-12-5-6-14(21)11(2)15(12)22/h5-6,10H,4,7-9H2,1-3H3,(H,23,27). The van der Waals surface area contributed by atoms with Crippen LogP contribution in [-0.4, -0.2) is 41.5 Å². The van der Waals surface area contributed by atoms with Gasteiger partial charge in [0, 0.05) is 43.5 Å². The van der Waals surface area contributed by atoms with Crippen LogP contribution in [0.25, 0.3) is 0 Å². The minimum atomic E-state index is -0.754. The Morgan fingerprint density at radius 3 is 2.62 bits per heavy atom. The molecule has 0 fully saturated rings. The van der Waals surface area contributed by atoms with Crippen LogP contribution in [0.2, 0.25) is 0 Å². The van der Waals surface area contributed by atoms with Crippen molar-refractivity contribution in [3.63, 3.8) is 0 Å². The molecule has 1 aromatic carbocycles. The molecule has 0 bridgehead atoms. The summed E-state index contributed by atoms with van der Waals surface area (Å²) in [4.78, 5) is 39.5. The highest BCUT2D eigenvalue weighted by atomic mass is 19.1. The summed E-state index contributed by atoms with van der Waals surface area (Å²) in [6, 6.07) is 2.35. The Balaban J connectivity index is 1.92. The van der Waals surface area contributed by atoms with E-state index >= 15 is 0 Å². The number of hydrogen-bond acceptors (Lipinski definition) is 4.